The Labute approximate surface area is 131 Å². The fourth-order valence-electron chi connectivity index (χ4n) is 2.53. The molecule has 2 N–H and O–H groups in total. The largest absolute Gasteiger partial charge is 0.481 e. The fraction of sp³-hybridized carbons (Fsp3) is 0.0588. The number of aliphatic carboxylic acids is 1. The van der Waals surface area contributed by atoms with Gasteiger partial charge in [-0.15, -0.1) is 0 Å². The van der Waals surface area contributed by atoms with Crippen LogP contribution in [0.2, 0.25) is 5.02 Å². The van der Waals surface area contributed by atoms with Gasteiger partial charge in [-0.25, -0.2) is 0 Å². The number of benzene rings is 2. The van der Waals surface area contributed by atoms with E-state index in [1.807, 2.05) is 6.07 Å². The molecule has 0 saturated carbocycles. The first-order valence-electron chi connectivity index (χ1n) is 6.68. The maximum Gasteiger partial charge on any atom is 0.307 e. The Balaban J connectivity index is 2.22. The minimum atomic E-state index is -1.01. The Bertz CT molecular complexity index is 868. The molecule has 1 aromatic heterocycles. The number of aromatic amines is 1. The van der Waals surface area contributed by atoms with Gasteiger partial charge in [-0.3, -0.25) is 9.59 Å². The zero-order valence-corrected chi connectivity index (χ0v) is 12.2. The van der Waals surface area contributed by atoms with Crippen molar-refractivity contribution < 1.29 is 14.7 Å². The third kappa shape index (κ3) is 2.49. The lowest BCUT2D eigenvalue weighted by Crippen LogP contribution is -2.08. The Morgan fingerprint density at radius 1 is 1.05 bits per heavy atom. The normalized spacial score (nSPS) is 10.8. The second kappa shape index (κ2) is 5.66. The van der Waals surface area contributed by atoms with Crippen LogP contribution in [0.25, 0.3) is 10.9 Å². The minimum absolute atomic E-state index is 0.246. The SMILES string of the molecule is O=C(O)Cc1c(C(=O)c2ccccc2)[nH]c2cccc(Cl)c12. The van der Waals surface area contributed by atoms with Gasteiger partial charge >= 0.3 is 5.97 Å². The van der Waals surface area contributed by atoms with Crippen LogP contribution >= 0.6 is 11.6 Å². The zero-order chi connectivity index (χ0) is 15.7. The van der Waals surface area contributed by atoms with Crippen LogP contribution in [0.1, 0.15) is 21.6 Å². The number of carbonyl (C=O) groups is 2. The molecule has 5 heteroatoms. The van der Waals surface area contributed by atoms with E-state index in [9.17, 15) is 9.59 Å². The first kappa shape index (κ1) is 14.4. The number of aromatic nitrogens is 1. The molecule has 1 heterocycles. The van der Waals surface area contributed by atoms with Crippen molar-refractivity contribution in [3.63, 3.8) is 0 Å². The summed E-state index contributed by atoms with van der Waals surface area (Å²) in [5.74, 6) is -1.26. The Hall–Kier alpha value is -2.59. The molecule has 2 aromatic carbocycles. The number of halogens is 1. The average Bonchev–Trinajstić information content (AvgIpc) is 2.87. The summed E-state index contributed by atoms with van der Waals surface area (Å²) in [6.07, 6.45) is -0.266. The number of rotatable bonds is 4. The Morgan fingerprint density at radius 3 is 2.45 bits per heavy atom. The molecule has 0 spiro atoms. The second-order valence-electron chi connectivity index (χ2n) is 4.91. The van der Waals surface area contributed by atoms with E-state index in [-0.39, 0.29) is 17.9 Å². The van der Waals surface area contributed by atoms with Crippen molar-refractivity contribution in [2.45, 2.75) is 6.42 Å². The number of carbonyl (C=O) groups excluding carboxylic acids is 1. The molecule has 3 rings (SSSR count). The predicted octanol–water partition coefficient (Wildman–Crippen LogP) is 3.68. The lowest BCUT2D eigenvalue weighted by atomic mass is 10.0. The monoisotopic (exact) mass is 313 g/mol. The maximum absolute atomic E-state index is 12.7. The maximum atomic E-state index is 12.7. The number of hydrogen-bond acceptors (Lipinski definition) is 2. The van der Waals surface area contributed by atoms with E-state index in [4.69, 9.17) is 16.7 Å². The van der Waals surface area contributed by atoms with Crippen molar-refractivity contribution in [3.8, 4) is 0 Å². The highest BCUT2D eigenvalue weighted by atomic mass is 35.5. The van der Waals surface area contributed by atoms with E-state index >= 15 is 0 Å². The van der Waals surface area contributed by atoms with Crippen molar-refractivity contribution in [1.29, 1.82) is 0 Å². The van der Waals surface area contributed by atoms with Crippen molar-refractivity contribution in [2.75, 3.05) is 0 Å². The molecule has 0 bridgehead atoms. The van der Waals surface area contributed by atoms with Gasteiger partial charge in [-0.1, -0.05) is 48.0 Å². The summed E-state index contributed by atoms with van der Waals surface area (Å²) >= 11 is 6.19. The summed E-state index contributed by atoms with van der Waals surface area (Å²) < 4.78 is 0. The Morgan fingerprint density at radius 2 is 1.77 bits per heavy atom. The summed E-state index contributed by atoms with van der Waals surface area (Å²) in [5.41, 5.74) is 1.85. The fourth-order valence-corrected chi connectivity index (χ4v) is 2.81. The molecule has 0 unspecified atom stereocenters. The highest BCUT2D eigenvalue weighted by Crippen LogP contribution is 2.31. The standard InChI is InChI=1S/C17H12ClNO3/c18-12-7-4-8-13-15(12)11(9-14(20)21)16(19-13)17(22)10-5-2-1-3-6-10/h1-8,19H,9H2,(H,20,21). The summed E-state index contributed by atoms with van der Waals surface area (Å²) in [6, 6.07) is 13.9. The number of nitrogens with one attached hydrogen (secondary N) is 1. The molecule has 0 aliphatic carbocycles. The molecule has 0 radical (unpaired) electrons. The number of fused-ring (bicyclic) bond motifs is 1. The van der Waals surface area contributed by atoms with Gasteiger partial charge in [0, 0.05) is 22.0 Å². The molecule has 0 fully saturated rings. The van der Waals surface area contributed by atoms with Gasteiger partial charge in [-0.2, -0.15) is 0 Å². The summed E-state index contributed by atoms with van der Waals surface area (Å²) in [6.45, 7) is 0. The molecule has 3 aromatic rings. The molecule has 110 valence electrons. The zero-order valence-electron chi connectivity index (χ0n) is 11.5. The van der Waals surface area contributed by atoms with E-state index in [1.165, 1.54) is 0 Å². The third-order valence-electron chi connectivity index (χ3n) is 3.47. The number of hydrogen-bond donors (Lipinski definition) is 2. The van der Waals surface area contributed by atoms with Crippen LogP contribution in [0.15, 0.2) is 48.5 Å². The van der Waals surface area contributed by atoms with Crippen LogP contribution in [0, 0.1) is 0 Å². The van der Waals surface area contributed by atoms with Gasteiger partial charge in [-0.05, 0) is 12.1 Å². The first-order chi connectivity index (χ1) is 10.6. The molecular weight excluding hydrogens is 302 g/mol. The molecule has 4 nitrogen and oxygen atoms in total. The first-order valence-corrected chi connectivity index (χ1v) is 7.06. The van der Waals surface area contributed by atoms with Gasteiger partial charge in [0.05, 0.1) is 17.1 Å². The van der Waals surface area contributed by atoms with Gasteiger partial charge in [0.2, 0.25) is 5.78 Å². The van der Waals surface area contributed by atoms with Gasteiger partial charge in [0.1, 0.15) is 0 Å². The predicted molar refractivity (Wildman–Crippen MR) is 84.5 cm³/mol. The van der Waals surface area contributed by atoms with E-state index in [0.717, 1.165) is 0 Å². The highest BCUT2D eigenvalue weighted by Gasteiger charge is 2.22. The topological polar surface area (TPSA) is 70.2 Å². The summed E-state index contributed by atoms with van der Waals surface area (Å²) in [5, 5.41) is 10.2. The van der Waals surface area contributed by atoms with Crippen LogP contribution in [-0.4, -0.2) is 21.8 Å². The molecule has 0 atom stereocenters. The van der Waals surface area contributed by atoms with Crippen molar-refractivity contribution in [3.05, 3.63) is 70.4 Å². The van der Waals surface area contributed by atoms with Crippen molar-refractivity contribution >= 4 is 34.3 Å². The van der Waals surface area contributed by atoms with E-state index in [2.05, 4.69) is 4.98 Å². The molecule has 0 aliphatic rings. The lowest BCUT2D eigenvalue weighted by molar-refractivity contribution is -0.136. The summed E-state index contributed by atoms with van der Waals surface area (Å²) in [4.78, 5) is 26.8. The van der Waals surface area contributed by atoms with Gasteiger partial charge in [0.25, 0.3) is 0 Å². The summed E-state index contributed by atoms with van der Waals surface area (Å²) in [7, 11) is 0. The molecule has 0 amide bonds. The van der Waals surface area contributed by atoms with Crippen LogP contribution in [0.5, 0.6) is 0 Å². The highest BCUT2D eigenvalue weighted by molar-refractivity contribution is 6.36. The molecule has 0 saturated heterocycles. The molecular formula is C17H12ClNO3. The molecule has 22 heavy (non-hydrogen) atoms. The van der Waals surface area contributed by atoms with Crippen LogP contribution in [-0.2, 0) is 11.2 Å². The van der Waals surface area contributed by atoms with Crippen LogP contribution in [0.4, 0.5) is 0 Å². The van der Waals surface area contributed by atoms with E-state index in [0.29, 0.717) is 27.1 Å². The molecule has 0 aliphatic heterocycles. The van der Waals surface area contributed by atoms with Crippen molar-refractivity contribution in [2.24, 2.45) is 0 Å². The average molecular weight is 314 g/mol. The quantitative estimate of drug-likeness (QED) is 0.722. The Kier molecular flexibility index (Phi) is 3.69. The van der Waals surface area contributed by atoms with E-state index < -0.39 is 5.97 Å². The third-order valence-corrected chi connectivity index (χ3v) is 3.78. The van der Waals surface area contributed by atoms with Crippen molar-refractivity contribution in [1.82, 2.24) is 4.98 Å². The van der Waals surface area contributed by atoms with E-state index in [1.54, 1.807) is 42.5 Å². The number of ketones is 1. The number of carboxylic acids is 1. The van der Waals surface area contributed by atoms with Gasteiger partial charge < -0.3 is 10.1 Å². The smallest absolute Gasteiger partial charge is 0.307 e. The van der Waals surface area contributed by atoms with Crippen LogP contribution in [0.3, 0.4) is 0 Å². The van der Waals surface area contributed by atoms with Gasteiger partial charge in [0.15, 0.2) is 0 Å². The lowest BCUT2D eigenvalue weighted by Gasteiger charge is -2.03. The van der Waals surface area contributed by atoms with Crippen LogP contribution < -0.4 is 0 Å². The number of carboxylic acid groups (broad SMARTS) is 1. The minimum Gasteiger partial charge on any atom is -0.481 e. The second-order valence-corrected chi connectivity index (χ2v) is 5.31. The number of H-pyrrole nitrogens is 1.